The van der Waals surface area contributed by atoms with Gasteiger partial charge in [0.2, 0.25) is 0 Å². The molecule has 0 aromatic carbocycles. The Labute approximate surface area is 98.2 Å². The van der Waals surface area contributed by atoms with Gasteiger partial charge in [-0.25, -0.2) is 0 Å². The lowest BCUT2D eigenvalue weighted by molar-refractivity contribution is -0.162. The molecule has 0 radical (unpaired) electrons. The minimum absolute atomic E-state index is 0.147. The van der Waals surface area contributed by atoms with Crippen LogP contribution in [0, 0.1) is 0 Å². The van der Waals surface area contributed by atoms with E-state index in [1.165, 1.54) is 0 Å². The van der Waals surface area contributed by atoms with Crippen molar-refractivity contribution in [2.45, 2.75) is 64.1 Å². The molecule has 1 saturated heterocycles. The fraction of sp³-hybridized carbons (Fsp3) is 0.769. The van der Waals surface area contributed by atoms with Gasteiger partial charge in [-0.15, -0.1) is 6.58 Å². The van der Waals surface area contributed by atoms with E-state index < -0.39 is 11.1 Å². The van der Waals surface area contributed by atoms with Crippen molar-refractivity contribution < 1.29 is 9.53 Å². The van der Waals surface area contributed by atoms with Crippen molar-refractivity contribution in [2.24, 2.45) is 0 Å². The monoisotopic (exact) mass is 225 g/mol. The molecule has 1 aliphatic heterocycles. The van der Waals surface area contributed by atoms with Gasteiger partial charge in [-0.05, 0) is 47.0 Å². The lowest BCUT2D eigenvalue weighted by Crippen LogP contribution is -2.50. The molecule has 3 heteroatoms. The maximum Gasteiger partial charge on any atom is 0.326 e. The van der Waals surface area contributed by atoms with Crippen LogP contribution >= 0.6 is 0 Å². The average Bonchev–Trinajstić information content (AvgIpc) is 2.47. The van der Waals surface area contributed by atoms with E-state index in [-0.39, 0.29) is 5.97 Å². The van der Waals surface area contributed by atoms with E-state index in [0.717, 1.165) is 19.3 Å². The zero-order valence-electron chi connectivity index (χ0n) is 10.8. The highest BCUT2D eigenvalue weighted by molar-refractivity contribution is 5.81. The predicted molar refractivity (Wildman–Crippen MR) is 65.2 cm³/mol. The molecular weight excluding hydrogens is 202 g/mol. The lowest BCUT2D eigenvalue weighted by atomic mass is 10.00. The number of esters is 1. The Morgan fingerprint density at radius 3 is 2.75 bits per heavy atom. The van der Waals surface area contributed by atoms with Crippen LogP contribution in [0.5, 0.6) is 0 Å². The Bertz CT molecular complexity index is 280. The van der Waals surface area contributed by atoms with E-state index in [0.29, 0.717) is 6.04 Å². The first-order valence-corrected chi connectivity index (χ1v) is 5.89. The Kier molecular flexibility index (Phi) is 3.79. The fourth-order valence-corrected chi connectivity index (χ4v) is 1.99. The van der Waals surface area contributed by atoms with Crippen LogP contribution in [-0.2, 0) is 9.53 Å². The molecule has 0 saturated carbocycles. The quantitative estimate of drug-likeness (QED) is 0.592. The molecule has 0 bridgehead atoms. The molecular formula is C13H23NO2. The summed E-state index contributed by atoms with van der Waals surface area (Å²) < 4.78 is 5.42. The van der Waals surface area contributed by atoms with E-state index in [4.69, 9.17) is 4.74 Å². The second-order valence-electron chi connectivity index (χ2n) is 5.74. The Morgan fingerprint density at radius 1 is 1.62 bits per heavy atom. The molecule has 1 unspecified atom stereocenters. The van der Waals surface area contributed by atoms with Gasteiger partial charge >= 0.3 is 5.97 Å². The summed E-state index contributed by atoms with van der Waals surface area (Å²) in [5.41, 5.74) is -0.945. The Balaban J connectivity index is 2.59. The number of ether oxygens (including phenoxy) is 1. The van der Waals surface area contributed by atoms with Gasteiger partial charge in [0.25, 0.3) is 0 Å². The van der Waals surface area contributed by atoms with Crippen LogP contribution in [0.2, 0.25) is 0 Å². The Hall–Kier alpha value is -0.830. The maximum absolute atomic E-state index is 12.0. The molecule has 0 aromatic heterocycles. The zero-order chi connectivity index (χ0) is 12.4. The summed E-state index contributed by atoms with van der Waals surface area (Å²) in [5.74, 6) is -0.147. The molecule has 3 nitrogen and oxygen atoms in total. The van der Waals surface area contributed by atoms with Gasteiger partial charge in [0, 0.05) is 6.04 Å². The molecule has 0 aliphatic carbocycles. The molecule has 1 aliphatic rings. The third kappa shape index (κ3) is 3.34. The number of rotatable bonds is 3. The molecule has 2 atom stereocenters. The van der Waals surface area contributed by atoms with Gasteiger partial charge in [0.05, 0.1) is 0 Å². The van der Waals surface area contributed by atoms with Crippen molar-refractivity contribution in [1.82, 2.24) is 5.32 Å². The largest absolute Gasteiger partial charge is 0.459 e. The van der Waals surface area contributed by atoms with Crippen molar-refractivity contribution in [1.29, 1.82) is 0 Å². The molecule has 0 spiro atoms. The molecule has 1 rings (SSSR count). The van der Waals surface area contributed by atoms with Crippen molar-refractivity contribution in [3.63, 3.8) is 0 Å². The second-order valence-corrected chi connectivity index (χ2v) is 5.74. The normalized spacial score (nSPS) is 30.1. The molecule has 0 amide bonds. The highest BCUT2D eigenvalue weighted by Gasteiger charge is 2.42. The van der Waals surface area contributed by atoms with Gasteiger partial charge in [-0.1, -0.05) is 6.08 Å². The number of carbonyl (C=O) groups excluding carboxylic acids is 1. The van der Waals surface area contributed by atoms with Crippen LogP contribution in [0.1, 0.15) is 47.0 Å². The van der Waals surface area contributed by atoms with Crippen molar-refractivity contribution in [3.05, 3.63) is 12.7 Å². The van der Waals surface area contributed by atoms with Crippen LogP contribution in [0.15, 0.2) is 12.7 Å². The van der Waals surface area contributed by atoms with Crippen LogP contribution < -0.4 is 5.32 Å². The molecule has 1 heterocycles. The third-order valence-corrected chi connectivity index (χ3v) is 2.82. The number of hydrogen-bond donors (Lipinski definition) is 1. The first kappa shape index (κ1) is 13.2. The minimum atomic E-state index is -0.527. The molecule has 16 heavy (non-hydrogen) atoms. The van der Waals surface area contributed by atoms with E-state index in [1.54, 1.807) is 0 Å². The van der Waals surface area contributed by atoms with E-state index in [1.807, 2.05) is 33.8 Å². The predicted octanol–water partition coefficient (Wildman–Crippen LogP) is 2.41. The highest BCUT2D eigenvalue weighted by atomic mass is 16.6. The maximum atomic E-state index is 12.0. The van der Waals surface area contributed by atoms with Gasteiger partial charge in [-0.2, -0.15) is 0 Å². The molecule has 1 N–H and O–H groups in total. The topological polar surface area (TPSA) is 38.3 Å². The highest BCUT2D eigenvalue weighted by Crippen LogP contribution is 2.27. The van der Waals surface area contributed by atoms with Crippen molar-refractivity contribution >= 4 is 5.97 Å². The molecule has 92 valence electrons. The third-order valence-electron chi connectivity index (χ3n) is 2.82. The van der Waals surface area contributed by atoms with Crippen LogP contribution in [-0.4, -0.2) is 23.2 Å². The first-order chi connectivity index (χ1) is 7.27. The van der Waals surface area contributed by atoms with Gasteiger partial charge in [0.1, 0.15) is 11.1 Å². The van der Waals surface area contributed by atoms with Crippen LogP contribution in [0.3, 0.4) is 0 Å². The Morgan fingerprint density at radius 2 is 2.25 bits per heavy atom. The van der Waals surface area contributed by atoms with Crippen molar-refractivity contribution in [2.75, 3.05) is 0 Å². The summed E-state index contributed by atoms with van der Waals surface area (Å²) >= 11 is 0. The summed E-state index contributed by atoms with van der Waals surface area (Å²) in [7, 11) is 0. The minimum Gasteiger partial charge on any atom is -0.459 e. The summed E-state index contributed by atoms with van der Waals surface area (Å²) in [6, 6.07) is 0.356. The zero-order valence-corrected chi connectivity index (χ0v) is 10.8. The molecule has 1 fully saturated rings. The SMILES string of the molecule is C=CCC1CC[C@@](C)(C(=O)OC(C)(C)C)N1. The second kappa shape index (κ2) is 4.58. The van der Waals surface area contributed by atoms with Gasteiger partial charge in [0.15, 0.2) is 0 Å². The smallest absolute Gasteiger partial charge is 0.326 e. The molecule has 0 aromatic rings. The lowest BCUT2D eigenvalue weighted by Gasteiger charge is -2.29. The number of hydrogen-bond acceptors (Lipinski definition) is 3. The van der Waals surface area contributed by atoms with E-state index in [2.05, 4.69) is 11.9 Å². The van der Waals surface area contributed by atoms with Crippen LogP contribution in [0.4, 0.5) is 0 Å². The first-order valence-electron chi connectivity index (χ1n) is 5.89. The van der Waals surface area contributed by atoms with Crippen molar-refractivity contribution in [3.8, 4) is 0 Å². The fourth-order valence-electron chi connectivity index (χ4n) is 1.99. The summed E-state index contributed by atoms with van der Waals surface area (Å²) in [6.07, 6.45) is 4.62. The van der Waals surface area contributed by atoms with E-state index >= 15 is 0 Å². The summed E-state index contributed by atoms with van der Waals surface area (Å²) in [4.78, 5) is 12.0. The summed E-state index contributed by atoms with van der Waals surface area (Å²) in [5, 5.41) is 3.34. The van der Waals surface area contributed by atoms with Gasteiger partial charge < -0.3 is 4.74 Å². The number of nitrogens with one attached hydrogen (secondary N) is 1. The standard InChI is InChI=1S/C13H23NO2/c1-6-7-10-8-9-13(5,14-10)11(15)16-12(2,3)4/h6,10,14H,1,7-9H2,2-5H3/t10?,13-/m0/s1. The van der Waals surface area contributed by atoms with Crippen LogP contribution in [0.25, 0.3) is 0 Å². The van der Waals surface area contributed by atoms with E-state index in [9.17, 15) is 4.79 Å². The summed E-state index contributed by atoms with van der Waals surface area (Å²) in [6.45, 7) is 11.3. The number of carbonyl (C=O) groups is 1. The average molecular weight is 225 g/mol. The van der Waals surface area contributed by atoms with Gasteiger partial charge in [-0.3, -0.25) is 10.1 Å².